The third-order valence-electron chi connectivity index (χ3n) is 2.57. The van der Waals surface area contributed by atoms with Crippen LogP contribution in [0.3, 0.4) is 0 Å². The molecule has 0 spiro atoms. The number of nitrogens with one attached hydrogen (secondary N) is 2. The van der Waals surface area contributed by atoms with Gasteiger partial charge in [0.1, 0.15) is 4.90 Å². The largest absolute Gasteiger partial charge is 0.307 e. The summed E-state index contributed by atoms with van der Waals surface area (Å²) < 4.78 is 26.7. The molecule has 0 fully saturated rings. The van der Waals surface area contributed by atoms with Crippen molar-refractivity contribution >= 4 is 27.4 Å². The van der Waals surface area contributed by atoms with E-state index in [-0.39, 0.29) is 22.3 Å². The summed E-state index contributed by atoms with van der Waals surface area (Å²) in [6.07, 6.45) is 1.19. The van der Waals surface area contributed by atoms with Gasteiger partial charge in [0.25, 0.3) is 0 Å². The fourth-order valence-electron chi connectivity index (χ4n) is 1.53. The molecule has 0 aliphatic carbocycles. The summed E-state index contributed by atoms with van der Waals surface area (Å²) in [7, 11) is -3.67. The summed E-state index contributed by atoms with van der Waals surface area (Å²) in [5.41, 5.74) is 3.13. The van der Waals surface area contributed by atoms with Crippen LogP contribution in [0.4, 0.5) is 5.82 Å². The summed E-state index contributed by atoms with van der Waals surface area (Å²) in [5, 5.41) is 0.134. The van der Waals surface area contributed by atoms with E-state index in [0.717, 1.165) is 5.56 Å². The van der Waals surface area contributed by atoms with Gasteiger partial charge in [-0.25, -0.2) is 24.0 Å². The lowest BCUT2D eigenvalue weighted by molar-refractivity contribution is 0.581. The van der Waals surface area contributed by atoms with Crippen molar-refractivity contribution < 1.29 is 8.42 Å². The third-order valence-corrected chi connectivity index (χ3v) is 4.23. The van der Waals surface area contributed by atoms with Crippen LogP contribution >= 0.6 is 11.6 Å². The minimum Gasteiger partial charge on any atom is -0.307 e. The summed E-state index contributed by atoms with van der Waals surface area (Å²) in [4.78, 5) is 3.81. The zero-order valence-electron chi connectivity index (χ0n) is 10.4. The van der Waals surface area contributed by atoms with E-state index >= 15 is 0 Å². The van der Waals surface area contributed by atoms with Gasteiger partial charge >= 0.3 is 0 Å². The van der Waals surface area contributed by atoms with Gasteiger partial charge in [-0.2, -0.15) is 0 Å². The topological polar surface area (TPSA) is 97.1 Å². The number of rotatable bonds is 5. The van der Waals surface area contributed by atoms with E-state index in [0.29, 0.717) is 0 Å². The molecule has 0 atom stereocenters. The monoisotopic (exact) mass is 312 g/mol. The Morgan fingerprint density at radius 3 is 2.55 bits per heavy atom. The molecule has 4 N–H and O–H groups in total. The minimum absolute atomic E-state index is 0.0163. The number of nitrogens with two attached hydrogens (primary N) is 1. The first kappa shape index (κ1) is 14.7. The maximum atomic E-state index is 12.1. The SMILES string of the molecule is NNc1ncc(S(=O)(=O)NCc2ccccc2)cc1Cl. The smallest absolute Gasteiger partial charge is 0.242 e. The number of hydrogen-bond donors (Lipinski definition) is 3. The molecule has 0 amide bonds. The van der Waals surface area contributed by atoms with Crippen LogP contribution in [0.15, 0.2) is 47.5 Å². The quantitative estimate of drug-likeness (QED) is 0.574. The summed E-state index contributed by atoms with van der Waals surface area (Å²) in [6, 6.07) is 10.5. The Morgan fingerprint density at radius 1 is 1.25 bits per heavy atom. The number of anilines is 1. The Morgan fingerprint density at radius 2 is 1.95 bits per heavy atom. The molecule has 0 aliphatic heterocycles. The van der Waals surface area contributed by atoms with Crippen LogP contribution in [-0.4, -0.2) is 13.4 Å². The molecular formula is C12H13ClN4O2S. The highest BCUT2D eigenvalue weighted by molar-refractivity contribution is 7.89. The van der Waals surface area contributed by atoms with Crippen molar-refractivity contribution in [2.24, 2.45) is 5.84 Å². The van der Waals surface area contributed by atoms with Gasteiger partial charge in [-0.1, -0.05) is 41.9 Å². The number of hydrazine groups is 1. The summed E-state index contributed by atoms with van der Waals surface area (Å²) in [6.45, 7) is 0.192. The third kappa shape index (κ3) is 3.45. The zero-order chi connectivity index (χ0) is 14.6. The van der Waals surface area contributed by atoms with Crippen LogP contribution in [0, 0.1) is 0 Å². The van der Waals surface area contributed by atoms with Crippen LogP contribution in [0.2, 0.25) is 5.02 Å². The van der Waals surface area contributed by atoms with Gasteiger partial charge in [0.15, 0.2) is 5.82 Å². The number of benzene rings is 1. The van der Waals surface area contributed by atoms with Crippen LogP contribution in [0.25, 0.3) is 0 Å². The van der Waals surface area contributed by atoms with Crippen molar-refractivity contribution in [3.05, 3.63) is 53.2 Å². The van der Waals surface area contributed by atoms with E-state index in [2.05, 4.69) is 15.1 Å². The molecule has 0 aliphatic rings. The second-order valence-corrected chi connectivity index (χ2v) is 6.13. The number of aromatic nitrogens is 1. The minimum atomic E-state index is -3.67. The van der Waals surface area contributed by atoms with Gasteiger partial charge in [0, 0.05) is 12.7 Å². The van der Waals surface area contributed by atoms with Crippen molar-refractivity contribution in [1.29, 1.82) is 0 Å². The van der Waals surface area contributed by atoms with Crippen LogP contribution < -0.4 is 16.0 Å². The number of nitrogen functional groups attached to an aromatic ring is 1. The van der Waals surface area contributed by atoms with Crippen molar-refractivity contribution in [1.82, 2.24) is 9.71 Å². The fraction of sp³-hybridized carbons (Fsp3) is 0.0833. The van der Waals surface area contributed by atoms with Gasteiger partial charge < -0.3 is 5.43 Å². The zero-order valence-corrected chi connectivity index (χ0v) is 11.9. The molecule has 20 heavy (non-hydrogen) atoms. The van der Waals surface area contributed by atoms with Crippen LogP contribution in [0.5, 0.6) is 0 Å². The van der Waals surface area contributed by atoms with E-state index < -0.39 is 10.0 Å². The highest BCUT2D eigenvalue weighted by atomic mass is 35.5. The fourth-order valence-corrected chi connectivity index (χ4v) is 2.80. The number of hydrogen-bond acceptors (Lipinski definition) is 5. The Hall–Kier alpha value is -1.67. The Labute approximate surface area is 122 Å². The van der Waals surface area contributed by atoms with E-state index in [4.69, 9.17) is 17.4 Å². The van der Waals surface area contributed by atoms with Crippen LogP contribution in [0.1, 0.15) is 5.56 Å². The molecule has 0 saturated carbocycles. The number of pyridine rings is 1. The molecule has 0 bridgehead atoms. The molecule has 0 radical (unpaired) electrons. The van der Waals surface area contributed by atoms with Gasteiger partial charge in [-0.15, -0.1) is 0 Å². The number of nitrogens with zero attached hydrogens (tertiary/aromatic N) is 1. The molecule has 1 aromatic heterocycles. The number of sulfonamides is 1. The lowest BCUT2D eigenvalue weighted by atomic mass is 10.2. The highest BCUT2D eigenvalue weighted by Gasteiger charge is 2.16. The first-order valence-corrected chi connectivity index (χ1v) is 7.55. The summed E-state index contributed by atoms with van der Waals surface area (Å²) in [5.74, 6) is 5.40. The maximum absolute atomic E-state index is 12.1. The molecule has 106 valence electrons. The average Bonchev–Trinajstić information content (AvgIpc) is 2.46. The van der Waals surface area contributed by atoms with E-state index in [9.17, 15) is 8.42 Å². The van der Waals surface area contributed by atoms with Gasteiger partial charge in [-0.3, -0.25) is 0 Å². The second-order valence-electron chi connectivity index (χ2n) is 3.96. The van der Waals surface area contributed by atoms with Crippen molar-refractivity contribution in [3.63, 3.8) is 0 Å². The predicted molar refractivity (Wildman–Crippen MR) is 77.5 cm³/mol. The lowest BCUT2D eigenvalue weighted by Crippen LogP contribution is -2.23. The molecule has 1 aromatic carbocycles. The van der Waals surface area contributed by atoms with E-state index in [1.165, 1.54) is 12.3 Å². The molecule has 0 unspecified atom stereocenters. The first-order chi connectivity index (χ1) is 9.53. The van der Waals surface area contributed by atoms with Gasteiger partial charge in [-0.05, 0) is 11.6 Å². The average molecular weight is 313 g/mol. The maximum Gasteiger partial charge on any atom is 0.242 e. The van der Waals surface area contributed by atoms with Crippen molar-refractivity contribution in [2.75, 3.05) is 5.43 Å². The number of halogens is 1. The Balaban J connectivity index is 2.16. The summed E-state index contributed by atoms with van der Waals surface area (Å²) >= 11 is 5.86. The molecule has 2 aromatic rings. The first-order valence-electron chi connectivity index (χ1n) is 5.68. The second kappa shape index (κ2) is 6.19. The van der Waals surface area contributed by atoms with Crippen molar-refractivity contribution in [3.8, 4) is 0 Å². The molecule has 8 heteroatoms. The molecular weight excluding hydrogens is 300 g/mol. The molecule has 0 saturated heterocycles. The normalized spacial score (nSPS) is 11.3. The highest BCUT2D eigenvalue weighted by Crippen LogP contribution is 2.21. The predicted octanol–water partition coefficient (Wildman–Crippen LogP) is 1.50. The van der Waals surface area contributed by atoms with Gasteiger partial charge in [0.2, 0.25) is 10.0 Å². The van der Waals surface area contributed by atoms with Crippen LogP contribution in [-0.2, 0) is 16.6 Å². The van der Waals surface area contributed by atoms with E-state index in [1.807, 2.05) is 30.3 Å². The molecule has 6 nitrogen and oxygen atoms in total. The Kier molecular flexibility index (Phi) is 4.56. The Bertz CT molecular complexity index is 692. The standard InChI is InChI=1S/C12H13ClN4O2S/c13-11-6-10(8-15-12(11)17-14)20(18,19)16-7-9-4-2-1-3-5-9/h1-6,8,16H,7,14H2,(H,15,17). The molecule has 2 rings (SSSR count). The molecule has 1 heterocycles. The van der Waals surface area contributed by atoms with Crippen molar-refractivity contribution in [2.45, 2.75) is 11.4 Å². The lowest BCUT2D eigenvalue weighted by Gasteiger charge is -2.08. The van der Waals surface area contributed by atoms with E-state index in [1.54, 1.807) is 0 Å². The van der Waals surface area contributed by atoms with Gasteiger partial charge in [0.05, 0.1) is 5.02 Å².